The first-order valence-corrected chi connectivity index (χ1v) is 2.77. The van der Waals surface area contributed by atoms with Crippen molar-refractivity contribution in [3.05, 3.63) is 0 Å². The Bertz CT molecular complexity index is 87.0. The summed E-state index contributed by atoms with van der Waals surface area (Å²) in [4.78, 5) is 9.79. The highest BCUT2D eigenvalue weighted by Gasteiger charge is 2.08. The number of likely N-dealkylation sites (N-methyl/N-ethyl adjacent to an activating group) is 1. The van der Waals surface area contributed by atoms with Crippen LogP contribution in [0.4, 0.5) is 0 Å². The average Bonchev–Trinajstić information content (AvgIpc) is 1.87. The molecule has 0 saturated carbocycles. The molecule has 0 aromatic rings. The molecule has 4 heteroatoms. The molecule has 54 valence electrons. The third-order valence-corrected chi connectivity index (χ3v) is 1.10. The van der Waals surface area contributed by atoms with Gasteiger partial charge in [-0.2, -0.15) is 0 Å². The quantitative estimate of drug-likeness (QED) is 0.328. The first-order valence-electron chi connectivity index (χ1n) is 2.77. The Morgan fingerprint density at radius 3 is 2.56 bits per heavy atom. The second-order valence-electron chi connectivity index (χ2n) is 1.81. The molecule has 0 spiro atoms. The van der Waals surface area contributed by atoms with E-state index in [1.54, 1.807) is 14.0 Å². The van der Waals surface area contributed by atoms with Gasteiger partial charge in [0.25, 0.3) is 0 Å². The molecule has 0 fully saturated rings. The summed E-state index contributed by atoms with van der Waals surface area (Å²) >= 11 is 0. The van der Waals surface area contributed by atoms with Crippen molar-refractivity contribution >= 4 is 6.41 Å². The molecule has 0 aliphatic carbocycles. The molecule has 1 unspecified atom stereocenters. The first-order chi connectivity index (χ1) is 4.22. The van der Waals surface area contributed by atoms with Gasteiger partial charge in [0, 0.05) is 0 Å². The van der Waals surface area contributed by atoms with Crippen LogP contribution in [-0.4, -0.2) is 30.8 Å². The number of hydrogen-bond acceptors (Lipinski definition) is 3. The van der Waals surface area contributed by atoms with Gasteiger partial charge in [0.1, 0.15) is 6.23 Å². The average molecular weight is 132 g/mol. The Balaban J connectivity index is 3.44. The van der Waals surface area contributed by atoms with Gasteiger partial charge in [0.15, 0.2) is 0 Å². The summed E-state index contributed by atoms with van der Waals surface area (Å²) in [7, 11) is 1.62. The summed E-state index contributed by atoms with van der Waals surface area (Å²) in [6, 6.07) is -0.243. The van der Waals surface area contributed by atoms with E-state index in [4.69, 9.17) is 5.11 Å². The third kappa shape index (κ3) is 3.05. The van der Waals surface area contributed by atoms with E-state index < -0.39 is 6.23 Å². The molecular formula is C5H12N2O2. The van der Waals surface area contributed by atoms with Gasteiger partial charge in [-0.3, -0.25) is 10.1 Å². The minimum atomic E-state index is -0.671. The number of amides is 1. The van der Waals surface area contributed by atoms with E-state index in [9.17, 15) is 4.79 Å². The normalized spacial score (nSPS) is 16.3. The minimum absolute atomic E-state index is 0.243. The lowest BCUT2D eigenvalue weighted by Crippen LogP contribution is -2.43. The summed E-state index contributed by atoms with van der Waals surface area (Å²) in [5.74, 6) is 0. The van der Waals surface area contributed by atoms with Crippen molar-refractivity contribution < 1.29 is 9.90 Å². The van der Waals surface area contributed by atoms with Crippen LogP contribution in [0.3, 0.4) is 0 Å². The van der Waals surface area contributed by atoms with Gasteiger partial charge in [0.05, 0.1) is 6.04 Å². The van der Waals surface area contributed by atoms with Crippen molar-refractivity contribution in [1.82, 2.24) is 10.6 Å². The van der Waals surface area contributed by atoms with Crippen molar-refractivity contribution in [1.29, 1.82) is 0 Å². The highest BCUT2D eigenvalue weighted by Crippen LogP contribution is 1.83. The monoisotopic (exact) mass is 132 g/mol. The van der Waals surface area contributed by atoms with Gasteiger partial charge in [0.2, 0.25) is 6.41 Å². The van der Waals surface area contributed by atoms with Gasteiger partial charge in [-0.1, -0.05) is 0 Å². The van der Waals surface area contributed by atoms with Crippen LogP contribution in [0.5, 0.6) is 0 Å². The number of carbonyl (C=O) groups excluding carboxylic acids is 1. The second kappa shape index (κ2) is 4.29. The molecule has 1 amide bonds. The van der Waals surface area contributed by atoms with Gasteiger partial charge in [-0.15, -0.1) is 0 Å². The molecule has 9 heavy (non-hydrogen) atoms. The minimum Gasteiger partial charge on any atom is -0.376 e. The van der Waals surface area contributed by atoms with Crippen LogP contribution in [0, 0.1) is 0 Å². The maximum Gasteiger partial charge on any atom is 0.207 e. The molecule has 2 atom stereocenters. The van der Waals surface area contributed by atoms with Crippen molar-refractivity contribution in [2.24, 2.45) is 0 Å². The van der Waals surface area contributed by atoms with E-state index in [1.165, 1.54) is 0 Å². The molecule has 0 bridgehead atoms. The number of carbonyl (C=O) groups is 1. The van der Waals surface area contributed by atoms with E-state index in [0.717, 1.165) is 0 Å². The van der Waals surface area contributed by atoms with E-state index in [1.807, 2.05) is 0 Å². The number of rotatable bonds is 4. The Labute approximate surface area is 54.3 Å². The number of aliphatic hydroxyl groups excluding tert-OH is 1. The SMILES string of the molecule is CNC(O)[C@H](C)NC=O. The van der Waals surface area contributed by atoms with Gasteiger partial charge in [-0.05, 0) is 14.0 Å². The van der Waals surface area contributed by atoms with Crippen molar-refractivity contribution in [3.63, 3.8) is 0 Å². The van der Waals surface area contributed by atoms with Gasteiger partial charge < -0.3 is 10.4 Å². The molecule has 0 aromatic carbocycles. The fraction of sp³-hybridized carbons (Fsp3) is 0.800. The summed E-state index contributed by atoms with van der Waals surface area (Å²) in [6.45, 7) is 1.70. The molecule has 0 rings (SSSR count). The molecule has 0 heterocycles. The number of hydrogen-bond donors (Lipinski definition) is 3. The smallest absolute Gasteiger partial charge is 0.207 e. The molecule has 0 aliphatic rings. The predicted octanol–water partition coefficient (Wildman–Crippen LogP) is -1.34. The van der Waals surface area contributed by atoms with Crippen molar-refractivity contribution in [2.75, 3.05) is 7.05 Å². The predicted molar refractivity (Wildman–Crippen MR) is 33.7 cm³/mol. The zero-order valence-corrected chi connectivity index (χ0v) is 5.59. The molecule has 0 aromatic heterocycles. The Morgan fingerprint density at radius 2 is 2.22 bits per heavy atom. The van der Waals surface area contributed by atoms with Crippen LogP contribution in [0.25, 0.3) is 0 Å². The lowest BCUT2D eigenvalue weighted by Gasteiger charge is -2.16. The van der Waals surface area contributed by atoms with Crippen LogP contribution >= 0.6 is 0 Å². The summed E-state index contributed by atoms with van der Waals surface area (Å²) in [6.07, 6.45) is -0.110. The molecule has 0 saturated heterocycles. The highest BCUT2D eigenvalue weighted by molar-refractivity contribution is 5.46. The highest BCUT2D eigenvalue weighted by atomic mass is 16.3. The van der Waals surface area contributed by atoms with E-state index in [0.29, 0.717) is 6.41 Å². The van der Waals surface area contributed by atoms with Crippen molar-refractivity contribution in [3.8, 4) is 0 Å². The number of nitrogens with one attached hydrogen (secondary N) is 2. The maximum absolute atomic E-state index is 9.79. The first kappa shape index (κ1) is 8.39. The van der Waals surface area contributed by atoms with E-state index >= 15 is 0 Å². The van der Waals surface area contributed by atoms with Gasteiger partial charge >= 0.3 is 0 Å². The Kier molecular flexibility index (Phi) is 4.00. The van der Waals surface area contributed by atoms with Gasteiger partial charge in [-0.25, -0.2) is 0 Å². The fourth-order valence-corrected chi connectivity index (χ4v) is 0.448. The molecule has 3 N–H and O–H groups in total. The molecule has 0 radical (unpaired) electrons. The molecular weight excluding hydrogens is 120 g/mol. The lowest BCUT2D eigenvalue weighted by molar-refractivity contribution is -0.110. The van der Waals surface area contributed by atoms with Crippen LogP contribution in [0.15, 0.2) is 0 Å². The second-order valence-corrected chi connectivity index (χ2v) is 1.81. The largest absolute Gasteiger partial charge is 0.376 e. The maximum atomic E-state index is 9.79. The lowest BCUT2D eigenvalue weighted by atomic mass is 10.3. The molecule has 0 aliphatic heterocycles. The third-order valence-electron chi connectivity index (χ3n) is 1.10. The van der Waals surface area contributed by atoms with Crippen LogP contribution in [0.2, 0.25) is 0 Å². The van der Waals surface area contributed by atoms with E-state index in [2.05, 4.69) is 10.6 Å². The Hall–Kier alpha value is -0.610. The molecule has 4 nitrogen and oxygen atoms in total. The zero-order valence-electron chi connectivity index (χ0n) is 5.59. The van der Waals surface area contributed by atoms with Crippen LogP contribution in [-0.2, 0) is 4.79 Å². The summed E-state index contributed by atoms with van der Waals surface area (Å²) in [5, 5.41) is 13.9. The Morgan fingerprint density at radius 1 is 1.67 bits per heavy atom. The van der Waals surface area contributed by atoms with Crippen LogP contribution < -0.4 is 10.6 Å². The van der Waals surface area contributed by atoms with Crippen LogP contribution in [0.1, 0.15) is 6.92 Å². The standard InChI is InChI=1S/C5H12N2O2/c1-4(7-3-8)5(9)6-2/h3-6,9H,1-2H3,(H,7,8)/t4-,5?/m0/s1. The topological polar surface area (TPSA) is 61.4 Å². The zero-order chi connectivity index (χ0) is 7.28. The summed E-state index contributed by atoms with van der Waals surface area (Å²) < 4.78 is 0. The number of aliphatic hydroxyl groups is 1. The van der Waals surface area contributed by atoms with E-state index in [-0.39, 0.29) is 6.04 Å². The fourth-order valence-electron chi connectivity index (χ4n) is 0.448. The summed E-state index contributed by atoms with van der Waals surface area (Å²) in [5.41, 5.74) is 0. The van der Waals surface area contributed by atoms with Crippen molar-refractivity contribution in [2.45, 2.75) is 19.2 Å².